The number of hydrogen-bond donors (Lipinski definition) is 0. The first kappa shape index (κ1) is 23.2. The number of non-ortho nitro benzene ring substituents is 2. The van der Waals surface area contributed by atoms with Gasteiger partial charge in [0.1, 0.15) is 11.5 Å². The first-order valence-electron chi connectivity index (χ1n) is 11.8. The van der Waals surface area contributed by atoms with Crippen LogP contribution in [0.3, 0.4) is 0 Å². The minimum atomic E-state index is -0.728. The maximum atomic E-state index is 11.4. The van der Waals surface area contributed by atoms with Gasteiger partial charge in [-0.3, -0.25) is 20.2 Å². The van der Waals surface area contributed by atoms with Crippen LogP contribution in [0, 0.1) is 27.2 Å². The molecule has 6 rings (SSSR count). The summed E-state index contributed by atoms with van der Waals surface area (Å²) in [6, 6.07) is 25.7. The number of nitrogens with zero attached hydrogens (tertiary/aromatic N) is 4. The van der Waals surface area contributed by atoms with E-state index in [1.165, 1.54) is 24.3 Å². The molecule has 1 aliphatic rings. The lowest BCUT2D eigenvalue weighted by Crippen LogP contribution is -2.40. The molecule has 0 fully saturated rings. The quantitative estimate of drug-likeness (QED) is 0.191. The van der Waals surface area contributed by atoms with Gasteiger partial charge in [-0.1, -0.05) is 35.5 Å². The summed E-state index contributed by atoms with van der Waals surface area (Å²) in [5.74, 6) is 1.72. The number of hydrogen-bond acceptors (Lipinski definition) is 8. The molecule has 0 saturated carbocycles. The molecule has 2 heterocycles. The Kier molecular flexibility index (Phi) is 5.49. The molecule has 38 heavy (non-hydrogen) atoms. The molecule has 0 N–H and O–H groups in total. The maximum absolute atomic E-state index is 11.4. The number of fused-ring (bicyclic) bond motifs is 3. The van der Waals surface area contributed by atoms with Gasteiger partial charge in [-0.25, -0.2) is 0 Å². The highest BCUT2D eigenvalue weighted by Crippen LogP contribution is 2.50. The highest BCUT2D eigenvalue weighted by molar-refractivity contribution is 5.89. The highest BCUT2D eigenvalue weighted by atomic mass is 16.6. The highest BCUT2D eigenvalue weighted by Gasteiger charge is 2.40. The van der Waals surface area contributed by atoms with Crippen LogP contribution in [0.15, 0.2) is 95.5 Å². The van der Waals surface area contributed by atoms with Gasteiger partial charge in [0.05, 0.1) is 15.9 Å². The summed E-state index contributed by atoms with van der Waals surface area (Å²) < 4.78 is 12.0. The van der Waals surface area contributed by atoms with Crippen molar-refractivity contribution in [3.63, 3.8) is 0 Å². The largest absolute Gasteiger partial charge is 0.466 e. The first-order chi connectivity index (χ1) is 18.4. The molecule has 1 aliphatic heterocycles. The zero-order valence-corrected chi connectivity index (χ0v) is 20.1. The van der Waals surface area contributed by atoms with Gasteiger partial charge in [-0.2, -0.15) is 0 Å². The Balaban J connectivity index is 1.61. The lowest BCUT2D eigenvalue weighted by molar-refractivity contribution is -0.385. The molecule has 2 unspecified atom stereocenters. The van der Waals surface area contributed by atoms with Crippen LogP contribution in [-0.4, -0.2) is 15.0 Å². The number of rotatable bonds is 5. The average Bonchev–Trinajstić information content (AvgIpc) is 3.37. The first-order valence-corrected chi connectivity index (χ1v) is 11.8. The van der Waals surface area contributed by atoms with Crippen LogP contribution in [0.1, 0.15) is 34.7 Å². The second-order valence-electron chi connectivity index (χ2n) is 8.97. The maximum Gasteiger partial charge on any atom is 0.269 e. The molecule has 0 bridgehead atoms. The molecular weight excluding hydrogens is 488 g/mol. The van der Waals surface area contributed by atoms with E-state index in [1.807, 2.05) is 41.3 Å². The van der Waals surface area contributed by atoms with Gasteiger partial charge in [0.15, 0.2) is 5.82 Å². The zero-order chi connectivity index (χ0) is 26.4. The SMILES string of the molecule is Cc1cc(N2C(c3ccc([N+](=O)[O-])cc3)Oc3ccc4ccccc4c3C2c2ccc([N+](=O)[O-])cc2)no1. The Hall–Kier alpha value is -5.25. The van der Waals surface area contributed by atoms with Gasteiger partial charge in [0.2, 0.25) is 6.23 Å². The smallest absolute Gasteiger partial charge is 0.269 e. The molecule has 1 aromatic heterocycles. The standard InChI is InChI=1S/C28H20N4O6/c1-17-16-25(29-38-17)30-27(19-6-11-21(12-7-19)31(33)34)26-23-5-3-2-4-18(23)10-15-24(26)37-28(30)20-8-13-22(14-9-20)32(35)36/h2-16,27-28H,1H3. The van der Waals surface area contributed by atoms with Crippen molar-refractivity contribution >= 4 is 28.0 Å². The second-order valence-corrected chi connectivity index (χ2v) is 8.97. The molecule has 2 atom stereocenters. The number of nitro groups is 2. The predicted molar refractivity (Wildman–Crippen MR) is 139 cm³/mol. The van der Waals surface area contributed by atoms with E-state index in [0.717, 1.165) is 21.9 Å². The van der Waals surface area contributed by atoms with E-state index in [4.69, 9.17) is 9.26 Å². The van der Waals surface area contributed by atoms with E-state index < -0.39 is 22.1 Å². The molecule has 0 amide bonds. The average molecular weight is 508 g/mol. The molecule has 0 saturated heterocycles. The molecule has 10 heteroatoms. The van der Waals surface area contributed by atoms with Gasteiger partial charge in [0, 0.05) is 41.5 Å². The molecule has 10 nitrogen and oxygen atoms in total. The molecular formula is C28H20N4O6. The van der Waals surface area contributed by atoms with E-state index in [-0.39, 0.29) is 11.4 Å². The minimum absolute atomic E-state index is 0.0188. The fourth-order valence-corrected chi connectivity index (χ4v) is 4.93. The van der Waals surface area contributed by atoms with Crippen LogP contribution in [0.4, 0.5) is 17.2 Å². The third-order valence-electron chi connectivity index (χ3n) is 6.66. The fourth-order valence-electron chi connectivity index (χ4n) is 4.93. The molecule has 0 aliphatic carbocycles. The number of nitro benzene ring substituents is 2. The Bertz CT molecular complexity index is 1680. The Labute approximate surface area is 216 Å². The van der Waals surface area contributed by atoms with Gasteiger partial charge < -0.3 is 14.2 Å². The van der Waals surface area contributed by atoms with Crippen LogP contribution in [0.2, 0.25) is 0 Å². The molecule has 0 radical (unpaired) electrons. The van der Waals surface area contributed by atoms with Crippen LogP contribution in [0.5, 0.6) is 5.75 Å². The Morgan fingerprint density at radius 1 is 0.816 bits per heavy atom. The van der Waals surface area contributed by atoms with E-state index in [0.29, 0.717) is 22.9 Å². The van der Waals surface area contributed by atoms with E-state index in [1.54, 1.807) is 37.3 Å². The van der Waals surface area contributed by atoms with Crippen molar-refractivity contribution in [3.05, 3.63) is 134 Å². The monoisotopic (exact) mass is 508 g/mol. The normalized spacial score (nSPS) is 16.6. The molecule has 4 aromatic carbocycles. The number of ether oxygens (including phenoxy) is 1. The van der Waals surface area contributed by atoms with E-state index in [2.05, 4.69) is 5.16 Å². The third kappa shape index (κ3) is 3.88. The van der Waals surface area contributed by atoms with Gasteiger partial charge in [-0.15, -0.1) is 0 Å². The van der Waals surface area contributed by atoms with Crippen molar-refractivity contribution in [2.45, 2.75) is 19.2 Å². The summed E-state index contributed by atoms with van der Waals surface area (Å²) in [4.78, 5) is 23.7. The predicted octanol–water partition coefficient (Wildman–Crippen LogP) is 6.64. The summed E-state index contributed by atoms with van der Waals surface area (Å²) >= 11 is 0. The van der Waals surface area contributed by atoms with Crippen LogP contribution < -0.4 is 9.64 Å². The second kappa shape index (κ2) is 9.00. The number of aryl methyl sites for hydroxylation is 1. The van der Waals surface area contributed by atoms with Crippen molar-refractivity contribution in [1.82, 2.24) is 5.16 Å². The van der Waals surface area contributed by atoms with Crippen LogP contribution in [0.25, 0.3) is 10.8 Å². The van der Waals surface area contributed by atoms with Crippen molar-refractivity contribution < 1.29 is 19.1 Å². The summed E-state index contributed by atoms with van der Waals surface area (Å²) in [6.07, 6.45) is -0.728. The summed E-state index contributed by atoms with van der Waals surface area (Å²) in [6.45, 7) is 1.78. The number of aromatic nitrogens is 1. The molecule has 188 valence electrons. The topological polar surface area (TPSA) is 125 Å². The lowest BCUT2D eigenvalue weighted by Gasteiger charge is -2.43. The van der Waals surface area contributed by atoms with E-state index >= 15 is 0 Å². The van der Waals surface area contributed by atoms with Crippen molar-refractivity contribution in [1.29, 1.82) is 0 Å². The zero-order valence-electron chi connectivity index (χ0n) is 20.1. The lowest BCUT2D eigenvalue weighted by atomic mass is 9.89. The number of benzene rings is 4. The van der Waals surface area contributed by atoms with Crippen molar-refractivity contribution in [2.75, 3.05) is 4.90 Å². The van der Waals surface area contributed by atoms with Crippen LogP contribution in [-0.2, 0) is 0 Å². The third-order valence-corrected chi connectivity index (χ3v) is 6.66. The summed E-state index contributed by atoms with van der Waals surface area (Å²) in [5, 5.41) is 28.9. The number of anilines is 1. The van der Waals surface area contributed by atoms with Crippen molar-refractivity contribution in [2.24, 2.45) is 0 Å². The van der Waals surface area contributed by atoms with Crippen LogP contribution >= 0.6 is 0 Å². The van der Waals surface area contributed by atoms with Gasteiger partial charge in [0.25, 0.3) is 11.4 Å². The van der Waals surface area contributed by atoms with Crippen molar-refractivity contribution in [3.8, 4) is 5.75 Å². The molecule has 5 aromatic rings. The van der Waals surface area contributed by atoms with Gasteiger partial charge >= 0.3 is 0 Å². The Morgan fingerprint density at radius 2 is 1.45 bits per heavy atom. The summed E-state index contributed by atoms with van der Waals surface area (Å²) in [5.41, 5.74) is 2.27. The Morgan fingerprint density at radius 3 is 2.05 bits per heavy atom. The summed E-state index contributed by atoms with van der Waals surface area (Å²) in [7, 11) is 0. The van der Waals surface area contributed by atoms with E-state index in [9.17, 15) is 20.2 Å². The minimum Gasteiger partial charge on any atom is -0.466 e. The molecule has 0 spiro atoms. The van der Waals surface area contributed by atoms with Gasteiger partial charge in [-0.05, 0) is 53.6 Å². The fraction of sp³-hybridized carbons (Fsp3) is 0.107.